The number of pyridine rings is 1. The van der Waals surface area contributed by atoms with Crippen LogP contribution in [-0.2, 0) is 6.54 Å². The van der Waals surface area contributed by atoms with Crippen LogP contribution in [0.15, 0.2) is 54.9 Å². The molecule has 20 heavy (non-hydrogen) atoms. The first-order valence-electron chi connectivity index (χ1n) is 7.12. The second-order valence-corrected chi connectivity index (χ2v) is 5.28. The van der Waals surface area contributed by atoms with E-state index in [0.29, 0.717) is 12.6 Å². The third-order valence-corrected chi connectivity index (χ3v) is 3.59. The monoisotopic (exact) mass is 269 g/mol. The molecule has 0 radical (unpaired) electrons. The van der Waals surface area contributed by atoms with Gasteiger partial charge in [-0.1, -0.05) is 30.3 Å². The summed E-state index contributed by atoms with van der Waals surface area (Å²) in [6.07, 6.45) is 3.66. The molecule has 1 atom stereocenters. The van der Waals surface area contributed by atoms with Gasteiger partial charge in [-0.2, -0.15) is 0 Å². The Morgan fingerprint density at radius 2 is 1.70 bits per heavy atom. The number of aromatic nitrogens is 1. The van der Waals surface area contributed by atoms with Crippen LogP contribution in [0.25, 0.3) is 0 Å². The summed E-state index contributed by atoms with van der Waals surface area (Å²) in [6.45, 7) is 5.94. The van der Waals surface area contributed by atoms with Gasteiger partial charge in [-0.25, -0.2) is 0 Å². The maximum Gasteiger partial charge on any atom is 0.0477 e. The van der Waals surface area contributed by atoms with Gasteiger partial charge in [0.2, 0.25) is 0 Å². The lowest BCUT2D eigenvalue weighted by Gasteiger charge is -2.34. The van der Waals surface area contributed by atoms with Crippen molar-refractivity contribution in [3.05, 3.63) is 66.0 Å². The maximum absolute atomic E-state index is 6.04. The molecule has 2 N–H and O–H groups in total. The smallest absolute Gasteiger partial charge is 0.0477 e. The highest BCUT2D eigenvalue weighted by atomic mass is 15.2. The minimum absolute atomic E-state index is 0.221. The van der Waals surface area contributed by atoms with Crippen LogP contribution < -0.4 is 5.73 Å². The van der Waals surface area contributed by atoms with E-state index in [0.717, 1.165) is 6.54 Å². The van der Waals surface area contributed by atoms with E-state index < -0.39 is 0 Å². The predicted molar refractivity (Wildman–Crippen MR) is 83.2 cm³/mol. The molecule has 2 aromatic rings. The summed E-state index contributed by atoms with van der Waals surface area (Å²) < 4.78 is 0. The van der Waals surface area contributed by atoms with Crippen LogP contribution >= 0.6 is 0 Å². The highest BCUT2D eigenvalue weighted by Crippen LogP contribution is 2.23. The Bertz CT molecular complexity index is 496. The molecule has 0 saturated heterocycles. The molecule has 1 aromatic heterocycles. The molecule has 0 bridgehead atoms. The molecule has 1 unspecified atom stereocenters. The molecular formula is C17H23N3. The van der Waals surface area contributed by atoms with Crippen molar-refractivity contribution < 1.29 is 0 Å². The SMILES string of the molecule is CC(C)N(Cc1ccccc1)C(CN)c1ccncc1. The fourth-order valence-electron chi connectivity index (χ4n) is 2.50. The lowest BCUT2D eigenvalue weighted by atomic mass is 10.0. The topological polar surface area (TPSA) is 42.1 Å². The molecular weight excluding hydrogens is 246 g/mol. The summed E-state index contributed by atoms with van der Waals surface area (Å²) >= 11 is 0. The van der Waals surface area contributed by atoms with E-state index in [2.05, 4.69) is 60.1 Å². The van der Waals surface area contributed by atoms with Gasteiger partial charge in [0.15, 0.2) is 0 Å². The van der Waals surface area contributed by atoms with Crippen LogP contribution in [0.4, 0.5) is 0 Å². The number of nitrogens with zero attached hydrogens (tertiary/aromatic N) is 2. The molecule has 0 amide bonds. The van der Waals surface area contributed by atoms with Gasteiger partial charge in [0.1, 0.15) is 0 Å². The average molecular weight is 269 g/mol. The zero-order chi connectivity index (χ0) is 14.4. The van der Waals surface area contributed by atoms with Crippen molar-refractivity contribution in [3.63, 3.8) is 0 Å². The van der Waals surface area contributed by atoms with Crippen molar-refractivity contribution in [1.29, 1.82) is 0 Å². The first-order chi connectivity index (χ1) is 9.72. The van der Waals surface area contributed by atoms with Crippen molar-refractivity contribution in [2.75, 3.05) is 6.54 Å². The van der Waals surface area contributed by atoms with Crippen LogP contribution in [0.2, 0.25) is 0 Å². The predicted octanol–water partition coefficient (Wildman–Crippen LogP) is 2.99. The molecule has 0 aliphatic carbocycles. The van der Waals surface area contributed by atoms with Crippen molar-refractivity contribution in [1.82, 2.24) is 9.88 Å². The van der Waals surface area contributed by atoms with Gasteiger partial charge in [-0.05, 0) is 37.1 Å². The Balaban J connectivity index is 2.22. The first kappa shape index (κ1) is 14.7. The lowest BCUT2D eigenvalue weighted by molar-refractivity contribution is 0.148. The summed E-state index contributed by atoms with van der Waals surface area (Å²) in [4.78, 5) is 6.53. The Labute approximate surface area is 121 Å². The molecule has 1 aromatic carbocycles. The number of nitrogens with two attached hydrogens (primary N) is 1. The van der Waals surface area contributed by atoms with E-state index in [4.69, 9.17) is 5.73 Å². The van der Waals surface area contributed by atoms with Gasteiger partial charge < -0.3 is 5.73 Å². The van der Waals surface area contributed by atoms with E-state index >= 15 is 0 Å². The van der Waals surface area contributed by atoms with Gasteiger partial charge in [0, 0.05) is 37.6 Å². The Morgan fingerprint density at radius 1 is 1.05 bits per heavy atom. The normalized spacial score (nSPS) is 12.8. The van der Waals surface area contributed by atoms with Gasteiger partial charge in [-0.15, -0.1) is 0 Å². The van der Waals surface area contributed by atoms with E-state index in [9.17, 15) is 0 Å². The van der Waals surface area contributed by atoms with Crippen molar-refractivity contribution in [2.24, 2.45) is 5.73 Å². The molecule has 0 fully saturated rings. The van der Waals surface area contributed by atoms with E-state index in [1.54, 1.807) is 0 Å². The molecule has 0 spiro atoms. The van der Waals surface area contributed by atoms with Crippen LogP contribution in [-0.4, -0.2) is 22.5 Å². The summed E-state index contributed by atoms with van der Waals surface area (Å²) in [6, 6.07) is 15.3. The molecule has 106 valence electrons. The lowest BCUT2D eigenvalue weighted by Crippen LogP contribution is -2.38. The van der Waals surface area contributed by atoms with E-state index in [-0.39, 0.29) is 6.04 Å². The largest absolute Gasteiger partial charge is 0.329 e. The number of rotatable bonds is 6. The number of hydrogen-bond donors (Lipinski definition) is 1. The Hall–Kier alpha value is -1.71. The van der Waals surface area contributed by atoms with Crippen molar-refractivity contribution in [3.8, 4) is 0 Å². The Kier molecular flexibility index (Phi) is 5.27. The molecule has 2 rings (SSSR count). The fourth-order valence-corrected chi connectivity index (χ4v) is 2.50. The second kappa shape index (κ2) is 7.17. The quantitative estimate of drug-likeness (QED) is 0.876. The summed E-state index contributed by atoms with van der Waals surface area (Å²) in [5.74, 6) is 0. The van der Waals surface area contributed by atoms with Crippen molar-refractivity contribution >= 4 is 0 Å². The highest BCUT2D eigenvalue weighted by Gasteiger charge is 2.21. The summed E-state index contributed by atoms with van der Waals surface area (Å²) in [7, 11) is 0. The molecule has 3 nitrogen and oxygen atoms in total. The van der Waals surface area contributed by atoms with E-state index in [1.807, 2.05) is 18.5 Å². The third-order valence-electron chi connectivity index (χ3n) is 3.59. The standard InChI is InChI=1S/C17H23N3/c1-14(2)20(13-15-6-4-3-5-7-15)17(12-18)16-8-10-19-11-9-16/h3-11,14,17H,12-13,18H2,1-2H3. The Morgan fingerprint density at radius 3 is 2.25 bits per heavy atom. The minimum atomic E-state index is 0.221. The van der Waals surface area contributed by atoms with Crippen LogP contribution in [0.1, 0.15) is 31.0 Å². The molecule has 0 saturated carbocycles. The second-order valence-electron chi connectivity index (χ2n) is 5.28. The average Bonchev–Trinajstić information content (AvgIpc) is 2.49. The minimum Gasteiger partial charge on any atom is -0.329 e. The van der Waals surface area contributed by atoms with Gasteiger partial charge in [0.25, 0.3) is 0 Å². The third kappa shape index (κ3) is 3.65. The zero-order valence-corrected chi connectivity index (χ0v) is 12.2. The van der Waals surface area contributed by atoms with Crippen LogP contribution in [0.3, 0.4) is 0 Å². The summed E-state index contributed by atoms with van der Waals surface area (Å²) in [5.41, 5.74) is 8.58. The maximum atomic E-state index is 6.04. The van der Waals surface area contributed by atoms with E-state index in [1.165, 1.54) is 11.1 Å². The fraction of sp³-hybridized carbons (Fsp3) is 0.353. The molecule has 3 heteroatoms. The van der Waals surface area contributed by atoms with Gasteiger partial charge in [0.05, 0.1) is 0 Å². The summed E-state index contributed by atoms with van der Waals surface area (Å²) in [5, 5.41) is 0. The number of hydrogen-bond acceptors (Lipinski definition) is 3. The first-order valence-corrected chi connectivity index (χ1v) is 7.12. The molecule has 1 heterocycles. The van der Waals surface area contributed by atoms with Gasteiger partial charge in [-0.3, -0.25) is 9.88 Å². The highest BCUT2D eigenvalue weighted by molar-refractivity contribution is 5.18. The molecule has 0 aliphatic rings. The zero-order valence-electron chi connectivity index (χ0n) is 12.2. The van der Waals surface area contributed by atoms with Crippen LogP contribution in [0, 0.1) is 0 Å². The molecule has 0 aliphatic heterocycles. The number of benzene rings is 1. The van der Waals surface area contributed by atoms with Crippen molar-refractivity contribution in [2.45, 2.75) is 32.5 Å². The van der Waals surface area contributed by atoms with Crippen LogP contribution in [0.5, 0.6) is 0 Å². The van der Waals surface area contributed by atoms with Gasteiger partial charge >= 0.3 is 0 Å².